The fourth-order valence-electron chi connectivity index (χ4n) is 2.66. The van der Waals surface area contributed by atoms with Crippen LogP contribution >= 0.6 is 0 Å². The lowest BCUT2D eigenvalue weighted by atomic mass is 10.0. The van der Waals surface area contributed by atoms with E-state index < -0.39 is 22.0 Å². The Balaban J connectivity index is 1.81. The molecule has 1 saturated heterocycles. The standard InChI is InChI=1S/C16H18N5O4S/c22-15-11-21(9-8-17-15)26(24,25)20-14(10-12-4-2-1-3-5-12)16(23)13-6-7-18-19-13/h1-7,14,20H,8-11H2,(H,17,22)/t14-/m0/s1. The van der Waals surface area contributed by atoms with Crippen LogP contribution < -0.4 is 15.5 Å². The third kappa shape index (κ3) is 4.34. The highest BCUT2D eigenvalue weighted by molar-refractivity contribution is 7.87. The van der Waals surface area contributed by atoms with E-state index in [-0.39, 0.29) is 37.7 Å². The van der Waals surface area contributed by atoms with Crippen molar-refractivity contribution >= 4 is 27.6 Å². The second-order valence-electron chi connectivity index (χ2n) is 5.83. The molecule has 2 aliphatic heterocycles. The van der Waals surface area contributed by atoms with E-state index in [9.17, 15) is 18.0 Å². The summed E-state index contributed by atoms with van der Waals surface area (Å²) in [5.41, 5.74) is 4.50. The smallest absolute Gasteiger partial charge is 0.280 e. The van der Waals surface area contributed by atoms with Gasteiger partial charge in [0.2, 0.25) is 11.7 Å². The molecule has 1 aromatic carbocycles. The Morgan fingerprint density at radius 2 is 2.08 bits per heavy atom. The maximum atomic E-state index is 12.7. The van der Waals surface area contributed by atoms with Crippen molar-refractivity contribution in [1.82, 2.24) is 19.8 Å². The van der Waals surface area contributed by atoms with E-state index in [1.54, 1.807) is 12.1 Å². The molecule has 2 heterocycles. The highest BCUT2D eigenvalue weighted by atomic mass is 32.2. The summed E-state index contributed by atoms with van der Waals surface area (Å²) >= 11 is 0. The molecule has 1 fully saturated rings. The maximum Gasteiger partial charge on any atom is 0.280 e. The lowest BCUT2D eigenvalue weighted by Crippen LogP contribution is -2.56. The van der Waals surface area contributed by atoms with E-state index in [1.165, 1.54) is 12.3 Å². The number of Topliss-reactive ketones (excluding diaryl/α,β-unsaturated/α-hetero) is 1. The number of nitrogens with one attached hydrogen (secondary N) is 2. The van der Waals surface area contributed by atoms with Gasteiger partial charge in [-0.2, -0.15) is 22.9 Å². The monoisotopic (exact) mass is 376 g/mol. The van der Waals surface area contributed by atoms with Gasteiger partial charge >= 0.3 is 0 Å². The fraction of sp³-hybridized carbons (Fsp3) is 0.312. The van der Waals surface area contributed by atoms with E-state index in [0.29, 0.717) is 0 Å². The summed E-state index contributed by atoms with van der Waals surface area (Å²) in [5, 5.41) is 6.29. The number of rotatable bonds is 7. The van der Waals surface area contributed by atoms with Crippen molar-refractivity contribution in [3.05, 3.63) is 48.2 Å². The molecule has 26 heavy (non-hydrogen) atoms. The van der Waals surface area contributed by atoms with Gasteiger partial charge < -0.3 is 5.32 Å². The van der Waals surface area contributed by atoms with Crippen LogP contribution in [-0.4, -0.2) is 55.8 Å². The van der Waals surface area contributed by atoms with E-state index in [2.05, 4.69) is 20.6 Å². The number of carbonyl (C=O) groups is 2. The molecule has 2 N–H and O–H groups in total. The van der Waals surface area contributed by atoms with Gasteiger partial charge in [-0.15, -0.1) is 5.10 Å². The van der Waals surface area contributed by atoms with Crippen LogP contribution in [0.5, 0.6) is 0 Å². The maximum absolute atomic E-state index is 12.7. The summed E-state index contributed by atoms with van der Waals surface area (Å²) in [5.74, 6) is -0.856. The number of allylic oxidation sites excluding steroid dienone is 1. The number of nitrogens with zero attached hydrogens (tertiary/aromatic N) is 3. The van der Waals surface area contributed by atoms with E-state index in [4.69, 9.17) is 0 Å². The summed E-state index contributed by atoms with van der Waals surface area (Å²) in [7, 11) is -4.02. The van der Waals surface area contributed by atoms with Gasteiger partial charge in [-0.1, -0.05) is 30.3 Å². The summed E-state index contributed by atoms with van der Waals surface area (Å²) in [6.45, 7) is 0.0899. The summed E-state index contributed by atoms with van der Waals surface area (Å²) in [6, 6.07) is 8.01. The Morgan fingerprint density at radius 3 is 2.73 bits per heavy atom. The number of benzene rings is 1. The van der Waals surface area contributed by atoms with Crippen molar-refractivity contribution in [2.75, 3.05) is 19.6 Å². The Hall–Kier alpha value is -2.56. The van der Waals surface area contributed by atoms with Crippen LogP contribution in [0.25, 0.3) is 0 Å². The van der Waals surface area contributed by atoms with Gasteiger partial charge in [0, 0.05) is 13.1 Å². The topological polar surface area (TPSA) is 122 Å². The van der Waals surface area contributed by atoms with Crippen molar-refractivity contribution in [3.63, 3.8) is 0 Å². The zero-order chi connectivity index (χ0) is 18.6. The molecule has 0 aromatic heterocycles. The number of hydrogen-bond acceptors (Lipinski definition) is 5. The highest BCUT2D eigenvalue weighted by Crippen LogP contribution is 2.10. The van der Waals surface area contributed by atoms with Crippen LogP contribution in [0.4, 0.5) is 0 Å². The molecular weight excluding hydrogens is 358 g/mol. The first-order valence-electron chi connectivity index (χ1n) is 8.02. The third-order valence-electron chi connectivity index (χ3n) is 3.95. The molecule has 3 rings (SSSR count). The molecule has 0 spiro atoms. The number of ketones is 1. The van der Waals surface area contributed by atoms with Crippen LogP contribution in [0.1, 0.15) is 5.56 Å². The molecule has 10 heteroatoms. The SMILES string of the molecule is O=C1CN(S(=O)(=O)N[C@@H](Cc2ccccc2)C(=O)C2=N[N]C=C2)CCN1. The van der Waals surface area contributed by atoms with Gasteiger partial charge in [-0.3, -0.25) is 9.59 Å². The molecular formula is C16H18N5O4S. The average molecular weight is 376 g/mol. The molecule has 1 amide bonds. The van der Waals surface area contributed by atoms with Gasteiger partial charge in [-0.05, 0) is 18.1 Å². The Labute approximate surface area is 151 Å². The molecule has 9 nitrogen and oxygen atoms in total. The average Bonchev–Trinajstić information content (AvgIpc) is 3.16. The van der Waals surface area contributed by atoms with Gasteiger partial charge in [0.05, 0.1) is 18.8 Å². The second-order valence-corrected chi connectivity index (χ2v) is 7.53. The number of piperazine rings is 1. The number of amides is 1. The fourth-order valence-corrected chi connectivity index (χ4v) is 3.97. The lowest BCUT2D eigenvalue weighted by Gasteiger charge is -2.28. The first-order valence-corrected chi connectivity index (χ1v) is 9.46. The number of carbonyl (C=O) groups excluding carboxylic acids is 2. The highest BCUT2D eigenvalue weighted by Gasteiger charge is 2.33. The molecule has 0 saturated carbocycles. The zero-order valence-corrected chi connectivity index (χ0v) is 14.6. The van der Waals surface area contributed by atoms with Crippen LogP contribution in [0, 0.1) is 0 Å². The molecule has 0 aliphatic carbocycles. The minimum atomic E-state index is -4.02. The largest absolute Gasteiger partial charge is 0.354 e. The van der Waals surface area contributed by atoms with E-state index in [0.717, 1.165) is 9.87 Å². The van der Waals surface area contributed by atoms with Gasteiger partial charge in [0.25, 0.3) is 10.2 Å². The molecule has 1 atom stereocenters. The Bertz CT molecular complexity index is 851. The Morgan fingerprint density at radius 1 is 1.31 bits per heavy atom. The summed E-state index contributed by atoms with van der Waals surface area (Å²) in [4.78, 5) is 24.2. The summed E-state index contributed by atoms with van der Waals surface area (Å²) < 4.78 is 28.7. The molecule has 0 unspecified atom stereocenters. The first kappa shape index (κ1) is 18.2. The van der Waals surface area contributed by atoms with Crippen molar-refractivity contribution in [2.24, 2.45) is 5.10 Å². The van der Waals surface area contributed by atoms with E-state index in [1.807, 2.05) is 18.2 Å². The second kappa shape index (κ2) is 7.77. The first-order chi connectivity index (χ1) is 12.5. The van der Waals surface area contributed by atoms with Crippen molar-refractivity contribution in [1.29, 1.82) is 0 Å². The molecule has 1 radical (unpaired) electrons. The van der Waals surface area contributed by atoms with E-state index >= 15 is 0 Å². The van der Waals surface area contributed by atoms with Gasteiger partial charge in [0.15, 0.2) is 0 Å². The minimum absolute atomic E-state index is 0.0880. The molecule has 1 aromatic rings. The quantitative estimate of drug-likeness (QED) is 0.628. The third-order valence-corrected chi connectivity index (χ3v) is 5.52. The van der Waals surface area contributed by atoms with Crippen molar-refractivity contribution in [3.8, 4) is 0 Å². The lowest BCUT2D eigenvalue weighted by molar-refractivity contribution is -0.122. The normalized spacial score (nSPS) is 18.8. The Kier molecular flexibility index (Phi) is 5.45. The summed E-state index contributed by atoms with van der Waals surface area (Å²) in [6.07, 6.45) is 2.96. The molecule has 137 valence electrons. The van der Waals surface area contributed by atoms with Crippen molar-refractivity contribution in [2.45, 2.75) is 12.5 Å². The molecule has 0 bridgehead atoms. The predicted molar refractivity (Wildman–Crippen MR) is 94.3 cm³/mol. The van der Waals surface area contributed by atoms with Gasteiger partial charge in [0.1, 0.15) is 5.71 Å². The van der Waals surface area contributed by atoms with Crippen LogP contribution in [0.2, 0.25) is 0 Å². The van der Waals surface area contributed by atoms with Crippen LogP contribution in [-0.2, 0) is 26.2 Å². The number of hydrogen-bond donors (Lipinski definition) is 2. The zero-order valence-electron chi connectivity index (χ0n) is 13.8. The van der Waals surface area contributed by atoms with Crippen LogP contribution in [0.15, 0.2) is 47.7 Å². The minimum Gasteiger partial charge on any atom is -0.354 e. The van der Waals surface area contributed by atoms with Crippen LogP contribution in [0.3, 0.4) is 0 Å². The predicted octanol–water partition coefficient (Wildman–Crippen LogP) is -1.08. The van der Waals surface area contributed by atoms with Gasteiger partial charge in [-0.25, -0.2) is 0 Å². The van der Waals surface area contributed by atoms with Crippen molar-refractivity contribution < 1.29 is 18.0 Å². The molecule has 2 aliphatic rings.